The molecule has 2 aromatic rings. The highest BCUT2D eigenvalue weighted by molar-refractivity contribution is 6.30. The van der Waals surface area contributed by atoms with E-state index in [1.165, 1.54) is 6.33 Å². The smallest absolute Gasteiger partial charge is 0.146 e. The van der Waals surface area contributed by atoms with E-state index in [0.717, 1.165) is 30.1 Å². The van der Waals surface area contributed by atoms with Crippen molar-refractivity contribution in [2.45, 2.75) is 19.4 Å². The second kappa shape index (κ2) is 6.54. The quantitative estimate of drug-likeness (QED) is 0.854. The number of nitrogens with zero attached hydrogens (tertiary/aromatic N) is 2. The Labute approximate surface area is 117 Å². The minimum absolute atomic E-state index is 0.115. The molecule has 1 atom stereocenters. The highest BCUT2D eigenvalue weighted by atomic mass is 35.5. The molecule has 0 aliphatic carbocycles. The summed E-state index contributed by atoms with van der Waals surface area (Å²) in [6.07, 6.45) is 2.51. The molecule has 0 saturated heterocycles. The summed E-state index contributed by atoms with van der Waals surface area (Å²) in [5, 5.41) is 10.9. The second-order valence-electron chi connectivity index (χ2n) is 4.14. The van der Waals surface area contributed by atoms with Crippen molar-refractivity contribution in [1.82, 2.24) is 20.5 Å². The third kappa shape index (κ3) is 3.24. The van der Waals surface area contributed by atoms with Gasteiger partial charge in [0.25, 0.3) is 0 Å². The number of hydrogen-bond acceptors (Lipinski definition) is 4. The van der Waals surface area contributed by atoms with Gasteiger partial charge in [-0.3, -0.25) is 5.10 Å². The van der Waals surface area contributed by atoms with Crippen molar-refractivity contribution < 1.29 is 4.74 Å². The Morgan fingerprint density at radius 3 is 2.95 bits per heavy atom. The monoisotopic (exact) mass is 280 g/mol. The molecule has 0 saturated carbocycles. The number of rotatable bonds is 6. The second-order valence-corrected chi connectivity index (χ2v) is 4.58. The average Bonchev–Trinajstić information content (AvgIpc) is 2.93. The Morgan fingerprint density at radius 2 is 2.32 bits per heavy atom. The van der Waals surface area contributed by atoms with E-state index in [4.69, 9.17) is 16.3 Å². The molecule has 0 aliphatic heterocycles. The third-order valence-electron chi connectivity index (χ3n) is 2.81. The molecule has 0 bridgehead atoms. The molecule has 1 aromatic carbocycles. The van der Waals surface area contributed by atoms with Gasteiger partial charge in [-0.15, -0.1) is 0 Å². The van der Waals surface area contributed by atoms with Gasteiger partial charge in [-0.05, 0) is 31.2 Å². The summed E-state index contributed by atoms with van der Waals surface area (Å²) in [5.74, 6) is 1.52. The topological polar surface area (TPSA) is 62.8 Å². The van der Waals surface area contributed by atoms with Crippen LogP contribution in [0.3, 0.4) is 0 Å². The van der Waals surface area contributed by atoms with E-state index in [0.29, 0.717) is 5.02 Å². The summed E-state index contributed by atoms with van der Waals surface area (Å²) in [4.78, 5) is 4.22. The van der Waals surface area contributed by atoms with Gasteiger partial charge in [0.1, 0.15) is 17.9 Å². The molecule has 1 heterocycles. The molecule has 0 amide bonds. The summed E-state index contributed by atoms with van der Waals surface area (Å²) >= 11 is 6.08. The number of aromatic amines is 1. The van der Waals surface area contributed by atoms with Gasteiger partial charge < -0.3 is 10.1 Å². The van der Waals surface area contributed by atoms with Crippen LogP contribution in [0.2, 0.25) is 5.02 Å². The van der Waals surface area contributed by atoms with Gasteiger partial charge >= 0.3 is 0 Å². The minimum Gasteiger partial charge on any atom is -0.496 e. The van der Waals surface area contributed by atoms with Crippen molar-refractivity contribution in [3.63, 3.8) is 0 Å². The highest BCUT2D eigenvalue weighted by Crippen LogP contribution is 2.30. The molecular weight excluding hydrogens is 264 g/mol. The van der Waals surface area contributed by atoms with Crippen LogP contribution in [-0.2, 0) is 0 Å². The molecule has 19 heavy (non-hydrogen) atoms. The molecule has 2 rings (SSSR count). The number of H-pyrrole nitrogens is 1. The Kier molecular flexibility index (Phi) is 4.76. The maximum absolute atomic E-state index is 6.08. The van der Waals surface area contributed by atoms with Crippen LogP contribution in [0.4, 0.5) is 0 Å². The van der Waals surface area contributed by atoms with Crippen molar-refractivity contribution in [2.75, 3.05) is 13.7 Å². The standard InChI is InChI=1S/C13H17ClN4O/c1-3-6-15-12(13-16-8-17-18-13)10-7-9(14)4-5-11(10)19-2/h4-5,7-8,12,15H,3,6H2,1-2H3,(H,16,17,18). The fourth-order valence-corrected chi connectivity index (χ4v) is 2.11. The maximum atomic E-state index is 6.08. The molecule has 1 aromatic heterocycles. The third-order valence-corrected chi connectivity index (χ3v) is 3.04. The zero-order valence-electron chi connectivity index (χ0n) is 11.0. The number of nitrogens with one attached hydrogen (secondary N) is 2. The molecule has 0 spiro atoms. The molecule has 0 fully saturated rings. The van der Waals surface area contributed by atoms with Crippen LogP contribution in [0, 0.1) is 0 Å². The Bertz CT molecular complexity index is 515. The normalized spacial score (nSPS) is 12.4. The first-order valence-corrected chi connectivity index (χ1v) is 6.56. The van der Waals surface area contributed by atoms with Gasteiger partial charge in [0.15, 0.2) is 0 Å². The van der Waals surface area contributed by atoms with Crippen LogP contribution < -0.4 is 10.1 Å². The summed E-state index contributed by atoms with van der Waals surface area (Å²) < 4.78 is 5.40. The first-order chi connectivity index (χ1) is 9.26. The van der Waals surface area contributed by atoms with Gasteiger partial charge in [-0.25, -0.2) is 4.98 Å². The van der Waals surface area contributed by atoms with Gasteiger partial charge in [-0.2, -0.15) is 5.10 Å². The maximum Gasteiger partial charge on any atom is 0.146 e. The van der Waals surface area contributed by atoms with Gasteiger partial charge in [0.2, 0.25) is 0 Å². The first-order valence-electron chi connectivity index (χ1n) is 6.18. The van der Waals surface area contributed by atoms with Crippen LogP contribution in [0.1, 0.15) is 30.8 Å². The highest BCUT2D eigenvalue weighted by Gasteiger charge is 2.20. The SMILES string of the molecule is CCCNC(c1ncn[nH]1)c1cc(Cl)ccc1OC. The number of halogens is 1. The van der Waals surface area contributed by atoms with Crippen molar-refractivity contribution >= 4 is 11.6 Å². The van der Waals surface area contributed by atoms with Gasteiger partial charge in [-0.1, -0.05) is 18.5 Å². The lowest BCUT2D eigenvalue weighted by Crippen LogP contribution is -2.24. The Balaban J connectivity index is 2.39. The summed E-state index contributed by atoms with van der Waals surface area (Å²) in [7, 11) is 1.64. The van der Waals surface area contributed by atoms with Crippen LogP contribution in [0.15, 0.2) is 24.5 Å². The van der Waals surface area contributed by atoms with E-state index < -0.39 is 0 Å². The Hall–Kier alpha value is -1.59. The number of ether oxygens (including phenoxy) is 1. The summed E-state index contributed by atoms with van der Waals surface area (Å²) in [6, 6.07) is 5.43. The fraction of sp³-hybridized carbons (Fsp3) is 0.385. The van der Waals surface area contributed by atoms with Crippen molar-refractivity contribution in [3.05, 3.63) is 40.9 Å². The summed E-state index contributed by atoms with van der Waals surface area (Å²) in [6.45, 7) is 2.97. The first kappa shape index (κ1) is 13.8. The molecule has 0 radical (unpaired) electrons. The van der Waals surface area contributed by atoms with E-state index in [9.17, 15) is 0 Å². The van der Waals surface area contributed by atoms with E-state index in [1.807, 2.05) is 12.1 Å². The summed E-state index contributed by atoms with van der Waals surface area (Å²) in [5.41, 5.74) is 0.945. The molecule has 1 unspecified atom stereocenters. The van der Waals surface area contributed by atoms with Crippen LogP contribution >= 0.6 is 11.6 Å². The minimum atomic E-state index is -0.115. The lowest BCUT2D eigenvalue weighted by Gasteiger charge is -2.19. The van der Waals surface area contributed by atoms with Crippen molar-refractivity contribution in [1.29, 1.82) is 0 Å². The van der Waals surface area contributed by atoms with Crippen molar-refractivity contribution in [2.24, 2.45) is 0 Å². The fourth-order valence-electron chi connectivity index (χ4n) is 1.93. The average molecular weight is 281 g/mol. The zero-order valence-corrected chi connectivity index (χ0v) is 11.7. The number of hydrogen-bond donors (Lipinski definition) is 2. The molecule has 0 aliphatic rings. The van der Waals surface area contributed by atoms with Crippen LogP contribution in [-0.4, -0.2) is 28.8 Å². The molecule has 5 nitrogen and oxygen atoms in total. The largest absolute Gasteiger partial charge is 0.496 e. The van der Waals surface area contributed by atoms with Crippen LogP contribution in [0.25, 0.3) is 0 Å². The zero-order chi connectivity index (χ0) is 13.7. The number of benzene rings is 1. The molecule has 6 heteroatoms. The molecular formula is C13H17ClN4O. The predicted octanol–water partition coefficient (Wildman–Crippen LogP) is 2.56. The Morgan fingerprint density at radius 1 is 1.47 bits per heavy atom. The van der Waals surface area contributed by atoms with Gasteiger partial charge in [0, 0.05) is 10.6 Å². The van der Waals surface area contributed by atoms with E-state index in [2.05, 4.69) is 27.4 Å². The van der Waals surface area contributed by atoms with E-state index in [-0.39, 0.29) is 6.04 Å². The molecule has 102 valence electrons. The van der Waals surface area contributed by atoms with E-state index >= 15 is 0 Å². The van der Waals surface area contributed by atoms with Crippen LogP contribution in [0.5, 0.6) is 5.75 Å². The lowest BCUT2D eigenvalue weighted by atomic mass is 10.0. The number of methoxy groups -OCH3 is 1. The lowest BCUT2D eigenvalue weighted by molar-refractivity contribution is 0.402. The predicted molar refractivity (Wildman–Crippen MR) is 74.5 cm³/mol. The van der Waals surface area contributed by atoms with E-state index in [1.54, 1.807) is 13.2 Å². The molecule has 2 N–H and O–H groups in total. The van der Waals surface area contributed by atoms with Gasteiger partial charge in [0.05, 0.1) is 13.2 Å². The van der Waals surface area contributed by atoms with Crippen molar-refractivity contribution in [3.8, 4) is 5.75 Å². The number of aromatic nitrogens is 3.